The molecule has 0 radical (unpaired) electrons. The number of benzene rings is 1. The summed E-state index contributed by atoms with van der Waals surface area (Å²) in [6.45, 7) is 11.2. The van der Waals surface area contributed by atoms with Crippen LogP contribution in [0.1, 0.15) is 67.6 Å². The number of thioether (sulfide) groups is 1. The molecule has 23 heavy (non-hydrogen) atoms. The van der Waals surface area contributed by atoms with Gasteiger partial charge < -0.3 is 5.84 Å². The molecule has 1 saturated carbocycles. The first-order chi connectivity index (χ1) is 10.8. The first-order valence-corrected chi connectivity index (χ1v) is 9.19. The minimum absolute atomic E-state index is 0.178. The van der Waals surface area contributed by atoms with E-state index in [1.165, 1.54) is 35.1 Å². The molecule has 1 heterocycles. The zero-order valence-corrected chi connectivity index (χ0v) is 15.5. The van der Waals surface area contributed by atoms with E-state index in [4.69, 9.17) is 5.84 Å². The van der Waals surface area contributed by atoms with Crippen LogP contribution in [0.5, 0.6) is 0 Å². The molecule has 1 aliphatic carbocycles. The molecule has 0 saturated heterocycles. The van der Waals surface area contributed by atoms with E-state index in [-0.39, 0.29) is 5.41 Å². The summed E-state index contributed by atoms with van der Waals surface area (Å²) in [5.74, 6) is 8.47. The van der Waals surface area contributed by atoms with Crippen LogP contribution >= 0.6 is 11.8 Å². The van der Waals surface area contributed by atoms with Gasteiger partial charge in [-0.25, -0.2) is 4.68 Å². The largest absolute Gasteiger partial charge is 0.336 e. The first-order valence-electron chi connectivity index (χ1n) is 8.21. The average Bonchev–Trinajstić information content (AvgIpc) is 3.22. The highest BCUT2D eigenvalue weighted by Gasteiger charge is 2.30. The van der Waals surface area contributed by atoms with Crippen LogP contribution in [0.2, 0.25) is 0 Å². The second kappa shape index (κ2) is 5.86. The average molecular weight is 331 g/mol. The smallest absolute Gasteiger partial charge is 0.210 e. The van der Waals surface area contributed by atoms with Gasteiger partial charge in [0.25, 0.3) is 0 Å². The fourth-order valence-corrected chi connectivity index (χ4v) is 3.86. The topological polar surface area (TPSA) is 56.7 Å². The Labute approximate surface area is 142 Å². The molecular weight excluding hydrogens is 304 g/mol. The molecule has 3 rings (SSSR count). The molecule has 1 aliphatic rings. The van der Waals surface area contributed by atoms with Gasteiger partial charge in [-0.3, -0.25) is 0 Å². The van der Waals surface area contributed by atoms with Crippen LogP contribution in [0.25, 0.3) is 0 Å². The molecule has 2 aromatic rings. The molecule has 0 unspecified atom stereocenters. The van der Waals surface area contributed by atoms with Gasteiger partial charge in [0.2, 0.25) is 5.16 Å². The molecule has 0 aliphatic heterocycles. The molecule has 0 bridgehead atoms. The van der Waals surface area contributed by atoms with E-state index in [9.17, 15) is 0 Å². The standard InChI is InChI=1S/C18H26N4S/c1-11-8-14(18(3,4)5)9-12(2)15(11)10-23-17-21-20-16(22(17)19)13-6-7-13/h8-9,13H,6-7,10,19H2,1-5H3. The fourth-order valence-electron chi connectivity index (χ4n) is 2.80. The predicted octanol–water partition coefficient (Wildman–Crippen LogP) is 4.08. The molecule has 0 amide bonds. The van der Waals surface area contributed by atoms with E-state index < -0.39 is 0 Å². The SMILES string of the molecule is Cc1cc(C(C)(C)C)cc(C)c1CSc1nnc(C2CC2)n1N. The normalized spacial score (nSPS) is 15.2. The molecule has 1 aromatic carbocycles. The van der Waals surface area contributed by atoms with Crippen molar-refractivity contribution in [3.63, 3.8) is 0 Å². The Kier molecular flexibility index (Phi) is 4.17. The van der Waals surface area contributed by atoms with Gasteiger partial charge in [-0.15, -0.1) is 10.2 Å². The summed E-state index contributed by atoms with van der Waals surface area (Å²) in [5, 5.41) is 9.32. The molecule has 0 atom stereocenters. The molecule has 2 N–H and O–H groups in total. The van der Waals surface area contributed by atoms with Gasteiger partial charge >= 0.3 is 0 Å². The highest BCUT2D eigenvalue weighted by atomic mass is 32.2. The van der Waals surface area contributed by atoms with Gasteiger partial charge in [0.1, 0.15) is 0 Å². The summed E-state index contributed by atoms with van der Waals surface area (Å²) in [4.78, 5) is 0. The molecule has 4 nitrogen and oxygen atoms in total. The van der Waals surface area contributed by atoms with Crippen molar-refractivity contribution in [1.29, 1.82) is 0 Å². The van der Waals surface area contributed by atoms with E-state index in [0.29, 0.717) is 5.92 Å². The number of aromatic nitrogens is 3. The summed E-state index contributed by atoms with van der Waals surface area (Å²) in [5.41, 5.74) is 5.62. The highest BCUT2D eigenvalue weighted by Crippen LogP contribution is 2.39. The van der Waals surface area contributed by atoms with Crippen LogP contribution in [0.15, 0.2) is 17.3 Å². The van der Waals surface area contributed by atoms with Crippen molar-refractivity contribution < 1.29 is 0 Å². The van der Waals surface area contributed by atoms with Gasteiger partial charge in [0.15, 0.2) is 5.82 Å². The van der Waals surface area contributed by atoms with Crippen LogP contribution in [0.3, 0.4) is 0 Å². The molecule has 1 aromatic heterocycles. The van der Waals surface area contributed by atoms with Crippen LogP contribution in [-0.2, 0) is 11.2 Å². The Morgan fingerprint density at radius 1 is 1.17 bits per heavy atom. The quantitative estimate of drug-likeness (QED) is 0.678. The Hall–Kier alpha value is -1.49. The van der Waals surface area contributed by atoms with E-state index in [0.717, 1.165) is 16.7 Å². The van der Waals surface area contributed by atoms with Crippen molar-refractivity contribution in [3.05, 3.63) is 40.2 Å². The summed E-state index contributed by atoms with van der Waals surface area (Å²) >= 11 is 1.67. The third kappa shape index (κ3) is 3.39. The molecule has 0 spiro atoms. The van der Waals surface area contributed by atoms with Crippen LogP contribution in [-0.4, -0.2) is 14.9 Å². The van der Waals surface area contributed by atoms with E-state index in [1.54, 1.807) is 16.4 Å². The lowest BCUT2D eigenvalue weighted by Gasteiger charge is -2.22. The summed E-state index contributed by atoms with van der Waals surface area (Å²) in [7, 11) is 0. The number of nitrogens with two attached hydrogens (primary N) is 1. The van der Waals surface area contributed by atoms with Crippen molar-refractivity contribution in [2.45, 2.75) is 69.7 Å². The zero-order chi connectivity index (χ0) is 16.8. The Morgan fingerprint density at radius 2 is 1.78 bits per heavy atom. The second-order valence-electron chi connectivity index (χ2n) is 7.61. The number of aryl methyl sites for hydroxylation is 2. The van der Waals surface area contributed by atoms with E-state index >= 15 is 0 Å². The van der Waals surface area contributed by atoms with Crippen molar-refractivity contribution in [2.24, 2.45) is 0 Å². The van der Waals surface area contributed by atoms with Gasteiger partial charge in [0, 0.05) is 11.7 Å². The Bertz CT molecular complexity index is 700. The van der Waals surface area contributed by atoms with Gasteiger partial charge in [-0.05, 0) is 54.4 Å². The molecule has 124 valence electrons. The summed E-state index contributed by atoms with van der Waals surface area (Å²) in [6, 6.07) is 4.62. The Morgan fingerprint density at radius 3 is 2.30 bits per heavy atom. The minimum atomic E-state index is 0.178. The van der Waals surface area contributed by atoms with E-state index in [2.05, 4.69) is 56.9 Å². The second-order valence-corrected chi connectivity index (χ2v) is 8.55. The third-order valence-electron chi connectivity index (χ3n) is 4.54. The van der Waals surface area contributed by atoms with E-state index in [1.807, 2.05) is 0 Å². The Balaban J connectivity index is 1.78. The minimum Gasteiger partial charge on any atom is -0.336 e. The highest BCUT2D eigenvalue weighted by molar-refractivity contribution is 7.98. The lowest BCUT2D eigenvalue weighted by molar-refractivity contribution is 0.589. The first kappa shape index (κ1) is 16.4. The number of nitrogen functional groups attached to an aromatic ring is 1. The third-order valence-corrected chi connectivity index (χ3v) is 5.51. The maximum Gasteiger partial charge on any atom is 0.210 e. The van der Waals surface area contributed by atoms with Gasteiger partial charge in [-0.1, -0.05) is 44.7 Å². The van der Waals surface area contributed by atoms with Crippen LogP contribution in [0, 0.1) is 13.8 Å². The van der Waals surface area contributed by atoms with Crippen molar-refractivity contribution in [3.8, 4) is 0 Å². The summed E-state index contributed by atoms with van der Waals surface area (Å²) in [6.07, 6.45) is 2.37. The number of hydrogen-bond donors (Lipinski definition) is 1. The van der Waals surface area contributed by atoms with Crippen molar-refractivity contribution in [2.75, 3.05) is 5.84 Å². The zero-order valence-electron chi connectivity index (χ0n) is 14.7. The number of rotatable bonds is 4. The van der Waals surface area contributed by atoms with Crippen LogP contribution in [0.4, 0.5) is 0 Å². The maximum atomic E-state index is 6.14. The predicted molar refractivity (Wildman–Crippen MR) is 96.3 cm³/mol. The molecule has 1 fully saturated rings. The summed E-state index contributed by atoms with van der Waals surface area (Å²) < 4.78 is 1.68. The fraction of sp³-hybridized carbons (Fsp3) is 0.556. The maximum absolute atomic E-state index is 6.14. The van der Waals surface area contributed by atoms with Gasteiger partial charge in [-0.2, -0.15) is 0 Å². The van der Waals surface area contributed by atoms with Crippen molar-refractivity contribution in [1.82, 2.24) is 14.9 Å². The van der Waals surface area contributed by atoms with Gasteiger partial charge in [0.05, 0.1) is 0 Å². The lowest BCUT2D eigenvalue weighted by atomic mass is 9.84. The monoisotopic (exact) mass is 330 g/mol. The molecular formula is C18H26N4S. The number of nitrogens with zero attached hydrogens (tertiary/aromatic N) is 3. The number of hydrogen-bond acceptors (Lipinski definition) is 4. The van der Waals surface area contributed by atoms with Crippen LogP contribution < -0.4 is 5.84 Å². The van der Waals surface area contributed by atoms with Crippen molar-refractivity contribution >= 4 is 11.8 Å². The lowest BCUT2D eigenvalue weighted by Crippen LogP contribution is -2.14. The molecule has 5 heteroatoms.